The number of nitrogens with one attached hydrogen (secondary N) is 2. The Morgan fingerprint density at radius 3 is 2.38 bits per heavy atom. The maximum atomic E-state index is 12.4. The van der Waals surface area contributed by atoms with Crippen LogP contribution in [-0.4, -0.2) is 36.6 Å². The third-order valence-electron chi connectivity index (χ3n) is 4.78. The Morgan fingerprint density at radius 1 is 1.08 bits per heavy atom. The Bertz CT molecular complexity index is 682. The van der Waals surface area contributed by atoms with Gasteiger partial charge < -0.3 is 15.1 Å². The van der Waals surface area contributed by atoms with Crippen LogP contribution in [0.5, 0.6) is 5.75 Å². The molecule has 0 atom stereocenters. The fourth-order valence-electron chi connectivity index (χ4n) is 3.35. The first-order chi connectivity index (χ1) is 12.8. The van der Waals surface area contributed by atoms with Crippen molar-refractivity contribution in [3.05, 3.63) is 65.7 Å². The molecule has 1 saturated heterocycles. The van der Waals surface area contributed by atoms with Crippen molar-refractivity contribution >= 4 is 6.03 Å². The standard InChI is InChI=1S/C21H27N3O2/c1-2-24(19-12-14-22-15-13-19)21(25)23-26-20-10-8-18(9-11-20)16-17-6-4-3-5-7-17/h3-11,19,22H,2,12-16H2,1H3,(H,23,25). The molecule has 0 spiro atoms. The van der Waals surface area contributed by atoms with E-state index in [0.29, 0.717) is 12.3 Å². The average molecular weight is 353 g/mol. The summed E-state index contributed by atoms with van der Waals surface area (Å²) in [6.45, 7) is 4.59. The lowest BCUT2D eigenvalue weighted by Gasteiger charge is -2.33. The number of carbonyl (C=O) groups is 1. The molecule has 5 nitrogen and oxygen atoms in total. The van der Waals surface area contributed by atoms with Gasteiger partial charge in [0, 0.05) is 12.6 Å². The van der Waals surface area contributed by atoms with Gasteiger partial charge >= 0.3 is 6.03 Å². The van der Waals surface area contributed by atoms with Crippen molar-refractivity contribution in [2.45, 2.75) is 32.2 Å². The minimum absolute atomic E-state index is 0.173. The van der Waals surface area contributed by atoms with Crippen molar-refractivity contribution < 1.29 is 9.63 Å². The highest BCUT2D eigenvalue weighted by molar-refractivity contribution is 5.73. The Kier molecular flexibility index (Phi) is 6.50. The van der Waals surface area contributed by atoms with Gasteiger partial charge in [-0.1, -0.05) is 42.5 Å². The van der Waals surface area contributed by atoms with Gasteiger partial charge in [-0.3, -0.25) is 0 Å². The lowest BCUT2D eigenvalue weighted by atomic mass is 10.1. The number of hydroxylamine groups is 1. The van der Waals surface area contributed by atoms with Gasteiger partial charge in [-0.15, -0.1) is 0 Å². The second-order valence-electron chi connectivity index (χ2n) is 6.58. The first-order valence-electron chi connectivity index (χ1n) is 9.33. The number of benzene rings is 2. The van der Waals surface area contributed by atoms with Crippen LogP contribution in [0.25, 0.3) is 0 Å². The van der Waals surface area contributed by atoms with Gasteiger partial charge in [0.05, 0.1) is 0 Å². The number of amides is 2. The molecular formula is C21H27N3O2. The fraction of sp³-hybridized carbons (Fsp3) is 0.381. The highest BCUT2D eigenvalue weighted by atomic mass is 16.7. The monoisotopic (exact) mass is 353 g/mol. The van der Waals surface area contributed by atoms with Gasteiger partial charge in [0.1, 0.15) is 0 Å². The van der Waals surface area contributed by atoms with Crippen LogP contribution in [0.2, 0.25) is 0 Å². The molecule has 0 radical (unpaired) electrons. The van der Waals surface area contributed by atoms with E-state index in [0.717, 1.165) is 32.4 Å². The zero-order valence-corrected chi connectivity index (χ0v) is 15.3. The van der Waals surface area contributed by atoms with Crippen molar-refractivity contribution in [3.63, 3.8) is 0 Å². The van der Waals surface area contributed by atoms with E-state index in [1.54, 1.807) is 0 Å². The number of urea groups is 1. The highest BCUT2D eigenvalue weighted by Gasteiger charge is 2.24. The average Bonchev–Trinajstić information content (AvgIpc) is 2.70. The van der Waals surface area contributed by atoms with Crippen molar-refractivity contribution in [2.75, 3.05) is 19.6 Å². The first-order valence-corrected chi connectivity index (χ1v) is 9.33. The molecule has 0 aromatic heterocycles. The fourth-order valence-corrected chi connectivity index (χ4v) is 3.35. The number of carbonyl (C=O) groups excluding carboxylic acids is 1. The van der Waals surface area contributed by atoms with Crippen LogP contribution in [-0.2, 0) is 6.42 Å². The summed E-state index contributed by atoms with van der Waals surface area (Å²) in [6.07, 6.45) is 2.84. The minimum Gasteiger partial charge on any atom is -0.378 e. The summed E-state index contributed by atoms with van der Waals surface area (Å²) in [5, 5.41) is 3.32. The van der Waals surface area contributed by atoms with E-state index in [4.69, 9.17) is 4.84 Å². The molecule has 3 rings (SSSR count). The molecule has 5 heteroatoms. The van der Waals surface area contributed by atoms with E-state index >= 15 is 0 Å². The van der Waals surface area contributed by atoms with Crippen LogP contribution in [0, 0.1) is 0 Å². The van der Waals surface area contributed by atoms with E-state index < -0.39 is 0 Å². The highest BCUT2D eigenvalue weighted by Crippen LogP contribution is 2.16. The maximum Gasteiger partial charge on any atom is 0.350 e. The summed E-state index contributed by atoms with van der Waals surface area (Å²) in [4.78, 5) is 19.8. The zero-order chi connectivity index (χ0) is 18.2. The Labute approximate surface area is 155 Å². The smallest absolute Gasteiger partial charge is 0.350 e. The number of nitrogens with zero attached hydrogens (tertiary/aromatic N) is 1. The lowest BCUT2D eigenvalue weighted by Crippen LogP contribution is -2.50. The minimum atomic E-state index is -0.173. The Morgan fingerprint density at radius 2 is 1.73 bits per heavy atom. The molecule has 2 amide bonds. The second kappa shape index (κ2) is 9.25. The van der Waals surface area contributed by atoms with E-state index in [1.807, 2.05) is 54.3 Å². The summed E-state index contributed by atoms with van der Waals surface area (Å²) in [5.41, 5.74) is 5.06. The molecule has 138 valence electrons. The summed E-state index contributed by atoms with van der Waals surface area (Å²) in [5.74, 6) is 0.636. The second-order valence-corrected chi connectivity index (χ2v) is 6.58. The molecule has 1 aliphatic rings. The number of hydrogen-bond donors (Lipinski definition) is 2. The molecule has 2 N–H and O–H groups in total. The summed E-state index contributed by atoms with van der Waals surface area (Å²) in [7, 11) is 0. The molecule has 0 unspecified atom stereocenters. The molecule has 1 aliphatic heterocycles. The largest absolute Gasteiger partial charge is 0.378 e. The maximum absolute atomic E-state index is 12.4. The third kappa shape index (κ3) is 4.99. The van der Waals surface area contributed by atoms with E-state index in [2.05, 4.69) is 22.9 Å². The number of hydrogen-bond acceptors (Lipinski definition) is 3. The third-order valence-corrected chi connectivity index (χ3v) is 4.78. The van der Waals surface area contributed by atoms with Gasteiger partial charge in [-0.2, -0.15) is 5.48 Å². The van der Waals surface area contributed by atoms with Crippen molar-refractivity contribution in [1.82, 2.24) is 15.7 Å². The molecule has 0 bridgehead atoms. The van der Waals surface area contributed by atoms with Crippen LogP contribution >= 0.6 is 0 Å². The molecular weight excluding hydrogens is 326 g/mol. The van der Waals surface area contributed by atoms with Gasteiger partial charge in [0.25, 0.3) is 0 Å². The van der Waals surface area contributed by atoms with Crippen LogP contribution in [0.1, 0.15) is 30.9 Å². The Hall–Kier alpha value is -2.53. The molecule has 1 heterocycles. The van der Waals surface area contributed by atoms with Crippen molar-refractivity contribution in [2.24, 2.45) is 0 Å². The molecule has 2 aromatic rings. The van der Waals surface area contributed by atoms with Gasteiger partial charge in [-0.05, 0) is 62.5 Å². The van der Waals surface area contributed by atoms with E-state index in [9.17, 15) is 4.79 Å². The van der Waals surface area contributed by atoms with Crippen molar-refractivity contribution in [3.8, 4) is 5.75 Å². The van der Waals surface area contributed by atoms with Gasteiger partial charge in [-0.25, -0.2) is 4.79 Å². The van der Waals surface area contributed by atoms with Gasteiger partial charge in [0.15, 0.2) is 5.75 Å². The van der Waals surface area contributed by atoms with E-state index in [-0.39, 0.29) is 12.1 Å². The topological polar surface area (TPSA) is 53.6 Å². The summed E-state index contributed by atoms with van der Waals surface area (Å²) >= 11 is 0. The molecule has 26 heavy (non-hydrogen) atoms. The molecule has 2 aromatic carbocycles. The number of piperidine rings is 1. The van der Waals surface area contributed by atoms with Crippen LogP contribution in [0.4, 0.5) is 4.79 Å². The molecule has 0 aliphatic carbocycles. The van der Waals surface area contributed by atoms with Crippen LogP contribution in [0.3, 0.4) is 0 Å². The lowest BCUT2D eigenvalue weighted by molar-refractivity contribution is 0.120. The number of rotatable bonds is 6. The van der Waals surface area contributed by atoms with Crippen molar-refractivity contribution in [1.29, 1.82) is 0 Å². The predicted octanol–water partition coefficient (Wildman–Crippen LogP) is 3.35. The normalized spacial score (nSPS) is 14.7. The molecule has 0 saturated carbocycles. The summed E-state index contributed by atoms with van der Waals surface area (Å²) < 4.78 is 0. The first kappa shape index (κ1) is 18.3. The zero-order valence-electron chi connectivity index (χ0n) is 15.3. The Balaban J connectivity index is 1.51. The summed E-state index contributed by atoms with van der Waals surface area (Å²) in [6, 6.07) is 18.3. The predicted molar refractivity (Wildman–Crippen MR) is 103 cm³/mol. The van der Waals surface area contributed by atoms with E-state index in [1.165, 1.54) is 11.1 Å². The van der Waals surface area contributed by atoms with Gasteiger partial charge in [0.2, 0.25) is 0 Å². The SMILES string of the molecule is CCN(C(=O)NOc1ccc(Cc2ccccc2)cc1)C1CCNCC1. The van der Waals surface area contributed by atoms with Crippen LogP contribution in [0.15, 0.2) is 54.6 Å². The quantitative estimate of drug-likeness (QED) is 0.783. The molecule has 1 fully saturated rings. The van der Waals surface area contributed by atoms with Crippen LogP contribution < -0.4 is 15.6 Å².